The van der Waals surface area contributed by atoms with E-state index >= 15 is 0 Å². The highest BCUT2D eigenvalue weighted by atomic mass is 32.2. The first-order valence-corrected chi connectivity index (χ1v) is 8.43. The molecule has 2 rings (SSSR count). The van der Waals surface area contributed by atoms with Gasteiger partial charge in [0.05, 0.1) is 12.0 Å². The van der Waals surface area contributed by atoms with Gasteiger partial charge in [-0.05, 0) is 30.7 Å². The van der Waals surface area contributed by atoms with Crippen molar-refractivity contribution in [1.29, 1.82) is 0 Å². The van der Waals surface area contributed by atoms with Gasteiger partial charge in [0.2, 0.25) is 0 Å². The molecule has 0 amide bonds. The van der Waals surface area contributed by atoms with E-state index in [2.05, 4.69) is 6.92 Å². The number of fused-ring (bicyclic) bond motifs is 1. The van der Waals surface area contributed by atoms with Crippen LogP contribution in [-0.2, 0) is 10.8 Å². The highest BCUT2D eigenvalue weighted by Gasteiger charge is 2.05. The summed E-state index contributed by atoms with van der Waals surface area (Å²) in [4.78, 5) is 12.1. The van der Waals surface area contributed by atoms with Crippen LogP contribution in [0.25, 0.3) is 17.0 Å². The van der Waals surface area contributed by atoms with Gasteiger partial charge in [0.25, 0.3) is 0 Å². The van der Waals surface area contributed by atoms with Crippen LogP contribution in [0.5, 0.6) is 5.75 Å². The van der Waals surface area contributed by atoms with Gasteiger partial charge in [-0.15, -0.1) is 0 Å². The van der Waals surface area contributed by atoms with Crippen LogP contribution in [-0.4, -0.2) is 17.1 Å². The topological polar surface area (TPSA) is 56.5 Å². The fourth-order valence-corrected chi connectivity index (χ4v) is 2.15. The van der Waals surface area contributed by atoms with Crippen molar-refractivity contribution in [2.75, 3.05) is 12.9 Å². The Kier molecular flexibility index (Phi) is 5.33. The molecular formula is C16H18O4S. The van der Waals surface area contributed by atoms with Crippen molar-refractivity contribution in [2.45, 2.75) is 19.8 Å². The van der Waals surface area contributed by atoms with E-state index < -0.39 is 10.8 Å². The SMILES string of the molecule is CCCCOc1ccc2oc(/C=C/S(C)=O)cc(=O)c2c1. The first kappa shape index (κ1) is 15.5. The Balaban J connectivity index is 2.32. The van der Waals surface area contributed by atoms with Gasteiger partial charge in [-0.1, -0.05) is 13.3 Å². The molecule has 0 aliphatic rings. The van der Waals surface area contributed by atoms with Crippen molar-refractivity contribution in [3.05, 3.63) is 45.7 Å². The van der Waals surface area contributed by atoms with Crippen molar-refractivity contribution in [2.24, 2.45) is 0 Å². The lowest BCUT2D eigenvalue weighted by Crippen LogP contribution is -2.02. The summed E-state index contributed by atoms with van der Waals surface area (Å²) in [6, 6.07) is 6.59. The summed E-state index contributed by atoms with van der Waals surface area (Å²) in [5, 5.41) is 1.96. The van der Waals surface area contributed by atoms with Crippen LogP contribution in [0.15, 0.2) is 38.9 Å². The van der Waals surface area contributed by atoms with Crippen molar-refractivity contribution in [3.8, 4) is 5.75 Å². The highest BCUT2D eigenvalue weighted by molar-refractivity contribution is 7.87. The summed E-state index contributed by atoms with van der Waals surface area (Å²) in [6.07, 6.45) is 5.13. The maximum Gasteiger partial charge on any atom is 0.193 e. The Morgan fingerprint density at radius 2 is 2.14 bits per heavy atom. The predicted octanol–water partition coefficient (Wildman–Crippen LogP) is 3.32. The maximum atomic E-state index is 12.1. The van der Waals surface area contributed by atoms with E-state index in [-0.39, 0.29) is 5.43 Å². The van der Waals surface area contributed by atoms with E-state index in [0.717, 1.165) is 12.8 Å². The van der Waals surface area contributed by atoms with Crippen molar-refractivity contribution in [1.82, 2.24) is 0 Å². The van der Waals surface area contributed by atoms with Crippen LogP contribution >= 0.6 is 0 Å². The summed E-state index contributed by atoms with van der Waals surface area (Å²) < 4.78 is 22.2. The number of hydrogen-bond donors (Lipinski definition) is 0. The van der Waals surface area contributed by atoms with Crippen molar-refractivity contribution < 1.29 is 13.4 Å². The second-order valence-electron chi connectivity index (χ2n) is 4.67. The van der Waals surface area contributed by atoms with Gasteiger partial charge < -0.3 is 9.15 Å². The van der Waals surface area contributed by atoms with E-state index in [1.165, 1.54) is 11.5 Å². The highest BCUT2D eigenvalue weighted by Crippen LogP contribution is 2.20. The zero-order valence-corrected chi connectivity index (χ0v) is 12.9. The second kappa shape index (κ2) is 7.22. The van der Waals surface area contributed by atoms with Gasteiger partial charge in [-0.25, -0.2) is 0 Å². The number of rotatable bonds is 6. The lowest BCUT2D eigenvalue weighted by molar-refractivity contribution is 0.309. The Hall–Kier alpha value is -1.88. The van der Waals surface area contributed by atoms with Crippen LogP contribution in [0.1, 0.15) is 25.5 Å². The third kappa shape index (κ3) is 4.29. The summed E-state index contributed by atoms with van der Waals surface area (Å²) in [5.74, 6) is 1.06. The zero-order chi connectivity index (χ0) is 15.2. The molecule has 0 bridgehead atoms. The summed E-state index contributed by atoms with van der Waals surface area (Å²) in [6.45, 7) is 2.73. The van der Waals surface area contributed by atoms with Gasteiger partial charge in [0, 0.05) is 28.5 Å². The first-order valence-electron chi connectivity index (χ1n) is 6.81. The third-order valence-corrected chi connectivity index (χ3v) is 3.43. The fraction of sp³-hybridized carbons (Fsp3) is 0.312. The molecule has 1 aromatic carbocycles. The Labute approximate surface area is 125 Å². The molecule has 0 N–H and O–H groups in total. The molecule has 1 unspecified atom stereocenters. The van der Waals surface area contributed by atoms with Crippen molar-refractivity contribution in [3.63, 3.8) is 0 Å². The van der Waals surface area contributed by atoms with Crippen molar-refractivity contribution >= 4 is 27.8 Å². The van der Waals surface area contributed by atoms with E-state index in [1.807, 2.05) is 0 Å². The predicted molar refractivity (Wildman–Crippen MR) is 86.0 cm³/mol. The standard InChI is InChI=1S/C16H18O4S/c1-3-4-8-19-12-5-6-16-14(10-12)15(17)11-13(20-16)7-9-21(2)18/h5-7,9-11H,3-4,8H2,1-2H3/b9-7+. The molecule has 0 aliphatic carbocycles. The molecule has 4 nitrogen and oxygen atoms in total. The minimum absolute atomic E-state index is 0.140. The quantitative estimate of drug-likeness (QED) is 0.768. The summed E-state index contributed by atoms with van der Waals surface area (Å²) in [5.41, 5.74) is 0.352. The number of ether oxygens (including phenoxy) is 1. The molecular weight excluding hydrogens is 288 g/mol. The van der Waals surface area contributed by atoms with Crippen LogP contribution in [0.3, 0.4) is 0 Å². The van der Waals surface area contributed by atoms with Crippen LogP contribution in [0, 0.1) is 0 Å². The first-order chi connectivity index (χ1) is 10.1. The molecule has 2 aromatic rings. The monoisotopic (exact) mass is 306 g/mol. The molecule has 0 saturated heterocycles. The molecule has 1 heterocycles. The van der Waals surface area contributed by atoms with Crippen LogP contribution in [0.2, 0.25) is 0 Å². The average molecular weight is 306 g/mol. The molecule has 0 radical (unpaired) electrons. The Morgan fingerprint density at radius 3 is 2.86 bits per heavy atom. The zero-order valence-electron chi connectivity index (χ0n) is 12.1. The molecule has 0 spiro atoms. The minimum atomic E-state index is -1.08. The number of unbranched alkanes of at least 4 members (excludes halogenated alkanes) is 1. The van der Waals surface area contributed by atoms with Gasteiger partial charge in [-0.3, -0.25) is 9.00 Å². The Bertz CT molecular complexity index is 731. The van der Waals surface area contributed by atoms with E-state index in [0.29, 0.717) is 29.1 Å². The second-order valence-corrected chi connectivity index (χ2v) is 5.94. The lowest BCUT2D eigenvalue weighted by atomic mass is 10.2. The van der Waals surface area contributed by atoms with E-state index in [9.17, 15) is 9.00 Å². The van der Waals surface area contributed by atoms with Gasteiger partial charge in [0.15, 0.2) is 5.43 Å². The van der Waals surface area contributed by atoms with Crippen LogP contribution < -0.4 is 10.2 Å². The maximum absolute atomic E-state index is 12.1. The van der Waals surface area contributed by atoms with Crippen LogP contribution in [0.4, 0.5) is 0 Å². The molecule has 0 aliphatic heterocycles. The van der Waals surface area contributed by atoms with E-state index in [1.54, 1.807) is 30.5 Å². The Morgan fingerprint density at radius 1 is 1.33 bits per heavy atom. The molecule has 112 valence electrons. The number of benzene rings is 1. The van der Waals surface area contributed by atoms with Gasteiger partial charge in [0.1, 0.15) is 17.1 Å². The average Bonchev–Trinajstić information content (AvgIpc) is 2.46. The molecule has 21 heavy (non-hydrogen) atoms. The third-order valence-electron chi connectivity index (χ3n) is 2.91. The largest absolute Gasteiger partial charge is 0.494 e. The van der Waals surface area contributed by atoms with Gasteiger partial charge in [-0.2, -0.15) is 0 Å². The minimum Gasteiger partial charge on any atom is -0.494 e. The molecule has 5 heteroatoms. The van der Waals surface area contributed by atoms with E-state index in [4.69, 9.17) is 9.15 Å². The lowest BCUT2D eigenvalue weighted by Gasteiger charge is -2.06. The fourth-order valence-electron chi connectivity index (χ4n) is 1.82. The molecule has 0 saturated carbocycles. The molecule has 0 fully saturated rings. The molecule has 1 atom stereocenters. The summed E-state index contributed by atoms with van der Waals surface area (Å²) >= 11 is 0. The normalized spacial score (nSPS) is 12.9. The molecule has 1 aromatic heterocycles. The smallest absolute Gasteiger partial charge is 0.193 e. The summed E-state index contributed by atoms with van der Waals surface area (Å²) in [7, 11) is -1.08. The van der Waals surface area contributed by atoms with Gasteiger partial charge >= 0.3 is 0 Å². The number of hydrogen-bond acceptors (Lipinski definition) is 4.